The van der Waals surface area contributed by atoms with E-state index in [2.05, 4.69) is 92.4 Å². The standard InChI is InChI=1S/C11H16N2O.C11H16N2/c1-11(2,3)8-4-6-13-7-5-9(14)12-10(8)13;1-8-7-13-6-5-9(10(13)12-8)11(2,3)4/h4,6H,5,7H2,1-3H3,(H,12,14);5-6,12H,1,7H2,2-4H3. The molecule has 2 aromatic rings. The molecule has 2 aliphatic rings. The summed E-state index contributed by atoms with van der Waals surface area (Å²) in [5.74, 6) is 2.33. The number of carbonyl (C=O) groups is 1. The van der Waals surface area contributed by atoms with Crippen LogP contribution < -0.4 is 10.6 Å². The van der Waals surface area contributed by atoms with Gasteiger partial charge in [0.2, 0.25) is 5.91 Å². The minimum atomic E-state index is 0.0885. The molecule has 0 fully saturated rings. The van der Waals surface area contributed by atoms with E-state index in [1.807, 2.05) is 0 Å². The number of aromatic nitrogens is 2. The summed E-state index contributed by atoms with van der Waals surface area (Å²) in [5, 5.41) is 6.26. The predicted octanol–water partition coefficient (Wildman–Crippen LogP) is 4.85. The quantitative estimate of drug-likeness (QED) is 0.698. The third kappa shape index (κ3) is 3.97. The highest BCUT2D eigenvalue weighted by molar-refractivity contribution is 5.92. The molecule has 2 N–H and O–H groups in total. The molecule has 0 radical (unpaired) electrons. The maximum absolute atomic E-state index is 11.3. The van der Waals surface area contributed by atoms with Crippen LogP contribution in [0.3, 0.4) is 0 Å². The van der Waals surface area contributed by atoms with E-state index in [9.17, 15) is 4.79 Å². The molecule has 4 rings (SSSR count). The Labute approximate surface area is 162 Å². The zero-order valence-corrected chi connectivity index (χ0v) is 17.4. The molecule has 5 nitrogen and oxygen atoms in total. The molecule has 0 unspecified atom stereocenters. The zero-order chi connectivity index (χ0) is 20.0. The van der Waals surface area contributed by atoms with E-state index in [4.69, 9.17) is 0 Å². The van der Waals surface area contributed by atoms with E-state index in [1.165, 1.54) is 16.9 Å². The second kappa shape index (κ2) is 6.63. The zero-order valence-electron chi connectivity index (χ0n) is 17.4. The summed E-state index contributed by atoms with van der Waals surface area (Å²) in [7, 11) is 0. The van der Waals surface area contributed by atoms with Gasteiger partial charge in [-0.1, -0.05) is 48.1 Å². The van der Waals surface area contributed by atoms with Crippen molar-refractivity contribution in [2.45, 2.75) is 71.9 Å². The Kier molecular flexibility index (Phi) is 4.74. The summed E-state index contributed by atoms with van der Waals surface area (Å²) < 4.78 is 4.32. The third-order valence-corrected chi connectivity index (χ3v) is 5.04. The van der Waals surface area contributed by atoms with Crippen molar-refractivity contribution in [3.8, 4) is 0 Å². The van der Waals surface area contributed by atoms with Crippen molar-refractivity contribution < 1.29 is 4.79 Å². The Hall–Kier alpha value is -2.43. The number of allylic oxidation sites excluding steroid dienone is 1. The van der Waals surface area contributed by atoms with Crippen LogP contribution in [0.5, 0.6) is 0 Å². The lowest BCUT2D eigenvalue weighted by Crippen LogP contribution is -2.25. The summed E-state index contributed by atoms with van der Waals surface area (Å²) in [6, 6.07) is 4.29. The summed E-state index contributed by atoms with van der Waals surface area (Å²) in [6.45, 7) is 18.8. The number of nitrogens with zero attached hydrogens (tertiary/aromatic N) is 2. The molecule has 0 aromatic carbocycles. The van der Waals surface area contributed by atoms with Gasteiger partial charge in [0.25, 0.3) is 0 Å². The van der Waals surface area contributed by atoms with Crippen molar-refractivity contribution in [1.29, 1.82) is 0 Å². The second-order valence-electron chi connectivity index (χ2n) is 9.50. The number of fused-ring (bicyclic) bond motifs is 2. The molecule has 4 heterocycles. The molecule has 5 heteroatoms. The molecule has 2 aromatic heterocycles. The number of anilines is 2. The van der Waals surface area contributed by atoms with Crippen LogP contribution in [-0.4, -0.2) is 15.0 Å². The van der Waals surface area contributed by atoms with Crippen molar-refractivity contribution >= 4 is 17.5 Å². The number of nitrogens with one attached hydrogen (secondary N) is 2. The minimum Gasteiger partial charge on any atom is -0.344 e. The van der Waals surface area contributed by atoms with Gasteiger partial charge in [-0.25, -0.2) is 0 Å². The van der Waals surface area contributed by atoms with Crippen LogP contribution in [0.25, 0.3) is 0 Å². The first-order chi connectivity index (χ1) is 12.5. The SMILES string of the molecule is C=C1Cn2ccc(C(C)(C)C)c2N1.CC(C)(C)c1ccn2c1NC(=O)CC2. The fourth-order valence-corrected chi connectivity index (χ4v) is 3.58. The van der Waals surface area contributed by atoms with Crippen LogP contribution in [-0.2, 0) is 28.7 Å². The highest BCUT2D eigenvalue weighted by atomic mass is 16.1. The van der Waals surface area contributed by atoms with Crippen LogP contribution in [0.2, 0.25) is 0 Å². The van der Waals surface area contributed by atoms with Crippen LogP contribution >= 0.6 is 0 Å². The van der Waals surface area contributed by atoms with Gasteiger partial charge in [0.15, 0.2) is 0 Å². The van der Waals surface area contributed by atoms with Crippen LogP contribution in [0.4, 0.5) is 11.6 Å². The van der Waals surface area contributed by atoms with Crippen molar-refractivity contribution in [3.05, 3.63) is 47.9 Å². The summed E-state index contributed by atoms with van der Waals surface area (Å²) >= 11 is 0. The third-order valence-electron chi connectivity index (χ3n) is 5.04. The fourth-order valence-electron chi connectivity index (χ4n) is 3.58. The lowest BCUT2D eigenvalue weighted by atomic mass is 9.88. The van der Waals surface area contributed by atoms with Crippen molar-refractivity contribution in [2.75, 3.05) is 10.6 Å². The smallest absolute Gasteiger partial charge is 0.227 e. The predicted molar refractivity (Wildman–Crippen MR) is 112 cm³/mol. The molecular formula is C22H32N4O. The monoisotopic (exact) mass is 368 g/mol. The Morgan fingerprint density at radius 2 is 1.41 bits per heavy atom. The van der Waals surface area contributed by atoms with E-state index in [-0.39, 0.29) is 16.7 Å². The summed E-state index contributed by atoms with van der Waals surface area (Å²) in [6.07, 6.45) is 4.77. The molecule has 27 heavy (non-hydrogen) atoms. The van der Waals surface area contributed by atoms with Crippen molar-refractivity contribution in [1.82, 2.24) is 9.13 Å². The van der Waals surface area contributed by atoms with Gasteiger partial charge in [-0.15, -0.1) is 0 Å². The Morgan fingerprint density at radius 1 is 0.889 bits per heavy atom. The highest BCUT2D eigenvalue weighted by Crippen LogP contribution is 2.34. The Bertz CT molecular complexity index is 871. The average molecular weight is 369 g/mol. The lowest BCUT2D eigenvalue weighted by Gasteiger charge is -2.23. The van der Waals surface area contributed by atoms with Gasteiger partial charge in [0, 0.05) is 31.1 Å². The van der Waals surface area contributed by atoms with E-state index in [0.29, 0.717) is 6.42 Å². The van der Waals surface area contributed by atoms with Gasteiger partial charge in [-0.3, -0.25) is 4.79 Å². The second-order valence-corrected chi connectivity index (χ2v) is 9.50. The molecule has 0 aliphatic carbocycles. The van der Waals surface area contributed by atoms with Crippen LogP contribution in [0.15, 0.2) is 36.8 Å². The van der Waals surface area contributed by atoms with Gasteiger partial charge in [0.1, 0.15) is 11.6 Å². The van der Waals surface area contributed by atoms with Gasteiger partial charge < -0.3 is 19.8 Å². The maximum atomic E-state index is 11.3. The maximum Gasteiger partial charge on any atom is 0.227 e. The largest absolute Gasteiger partial charge is 0.344 e. The van der Waals surface area contributed by atoms with E-state index < -0.39 is 0 Å². The van der Waals surface area contributed by atoms with Gasteiger partial charge in [0.05, 0.1) is 6.54 Å². The van der Waals surface area contributed by atoms with E-state index >= 15 is 0 Å². The average Bonchev–Trinajstić information content (AvgIpc) is 3.18. The van der Waals surface area contributed by atoms with Gasteiger partial charge >= 0.3 is 0 Å². The Balaban J connectivity index is 0.000000156. The molecule has 0 saturated carbocycles. The minimum absolute atomic E-state index is 0.0885. The van der Waals surface area contributed by atoms with Crippen LogP contribution in [0, 0.1) is 0 Å². The number of hydrogen-bond acceptors (Lipinski definition) is 2. The molecule has 146 valence electrons. The lowest BCUT2D eigenvalue weighted by molar-refractivity contribution is -0.116. The number of carbonyl (C=O) groups excluding carboxylic acids is 1. The molecule has 1 amide bonds. The molecule has 2 aliphatic heterocycles. The summed E-state index contributed by atoms with van der Waals surface area (Å²) in [4.78, 5) is 11.3. The Morgan fingerprint density at radius 3 is 1.96 bits per heavy atom. The number of hydrogen-bond donors (Lipinski definition) is 2. The first-order valence-electron chi connectivity index (χ1n) is 9.60. The normalized spacial score (nSPS) is 16.1. The molecular weight excluding hydrogens is 336 g/mol. The number of aryl methyl sites for hydroxylation is 1. The first-order valence-corrected chi connectivity index (χ1v) is 9.60. The van der Waals surface area contributed by atoms with Crippen LogP contribution in [0.1, 0.15) is 59.1 Å². The first kappa shape index (κ1) is 19.3. The van der Waals surface area contributed by atoms with Gasteiger partial charge in [-0.05, 0) is 34.1 Å². The van der Waals surface area contributed by atoms with Crippen molar-refractivity contribution in [3.63, 3.8) is 0 Å². The number of amides is 1. The molecule has 0 atom stereocenters. The molecule has 0 spiro atoms. The topological polar surface area (TPSA) is 51.0 Å². The summed E-state index contributed by atoms with van der Waals surface area (Å²) in [5.41, 5.74) is 3.96. The number of rotatable bonds is 0. The fraction of sp³-hybridized carbons (Fsp3) is 0.500. The molecule has 0 bridgehead atoms. The van der Waals surface area contributed by atoms with Crippen molar-refractivity contribution in [2.24, 2.45) is 0 Å². The highest BCUT2D eigenvalue weighted by Gasteiger charge is 2.25. The molecule has 0 saturated heterocycles. The van der Waals surface area contributed by atoms with E-state index in [1.54, 1.807) is 0 Å². The van der Waals surface area contributed by atoms with Gasteiger partial charge in [-0.2, -0.15) is 0 Å². The van der Waals surface area contributed by atoms with E-state index in [0.717, 1.165) is 24.6 Å².